The molecule has 0 saturated heterocycles. The standard InChI is InChI=1S/C18H27F2N3O.HI/c1-2-21-18(22-9-3-11-24-13-14-4-5-14)23-10-8-15-12-16(19)6-7-17(15)20;/h6-7,12,14H,2-5,8-11,13H2,1H3,(H2,21,22,23);1H. The lowest BCUT2D eigenvalue weighted by Gasteiger charge is -2.11. The fourth-order valence-electron chi connectivity index (χ4n) is 2.28. The molecule has 142 valence electrons. The van der Waals surface area contributed by atoms with E-state index in [9.17, 15) is 8.78 Å². The highest BCUT2D eigenvalue weighted by molar-refractivity contribution is 14.0. The molecule has 7 heteroatoms. The number of halogens is 3. The van der Waals surface area contributed by atoms with Crippen LogP contribution in [0, 0.1) is 17.6 Å². The molecule has 1 aliphatic carbocycles. The fraction of sp³-hybridized carbons (Fsp3) is 0.611. The van der Waals surface area contributed by atoms with Crippen LogP contribution < -0.4 is 10.6 Å². The normalized spacial score (nSPS) is 14.1. The number of hydrogen-bond acceptors (Lipinski definition) is 2. The molecule has 0 bridgehead atoms. The lowest BCUT2D eigenvalue weighted by atomic mass is 10.1. The molecule has 0 aromatic heterocycles. The van der Waals surface area contributed by atoms with Gasteiger partial charge in [0.15, 0.2) is 5.96 Å². The molecule has 1 aromatic rings. The quantitative estimate of drug-likeness (QED) is 0.240. The molecular formula is C18H28F2IN3O. The fourth-order valence-corrected chi connectivity index (χ4v) is 2.28. The molecule has 1 aliphatic rings. The first-order valence-electron chi connectivity index (χ1n) is 8.73. The third-order valence-corrected chi connectivity index (χ3v) is 3.81. The summed E-state index contributed by atoms with van der Waals surface area (Å²) in [7, 11) is 0. The van der Waals surface area contributed by atoms with Crippen molar-refractivity contribution in [3.63, 3.8) is 0 Å². The molecule has 0 spiro atoms. The summed E-state index contributed by atoms with van der Waals surface area (Å²) < 4.78 is 32.3. The summed E-state index contributed by atoms with van der Waals surface area (Å²) in [6.07, 6.45) is 3.89. The van der Waals surface area contributed by atoms with Crippen molar-refractivity contribution in [2.75, 3.05) is 32.8 Å². The van der Waals surface area contributed by atoms with Crippen LogP contribution in [0.5, 0.6) is 0 Å². The van der Waals surface area contributed by atoms with Crippen molar-refractivity contribution in [2.45, 2.75) is 32.6 Å². The summed E-state index contributed by atoms with van der Waals surface area (Å²) in [5.41, 5.74) is 0.367. The van der Waals surface area contributed by atoms with E-state index in [0.717, 1.165) is 44.2 Å². The van der Waals surface area contributed by atoms with Gasteiger partial charge in [-0.05, 0) is 62.3 Å². The Morgan fingerprint density at radius 1 is 1.28 bits per heavy atom. The molecule has 0 heterocycles. The largest absolute Gasteiger partial charge is 0.381 e. The number of ether oxygens (including phenoxy) is 1. The number of rotatable bonds is 10. The van der Waals surface area contributed by atoms with E-state index in [1.54, 1.807) is 0 Å². The molecule has 2 N–H and O–H groups in total. The van der Waals surface area contributed by atoms with Crippen molar-refractivity contribution in [2.24, 2.45) is 10.9 Å². The van der Waals surface area contributed by atoms with Crippen molar-refractivity contribution >= 4 is 29.9 Å². The summed E-state index contributed by atoms with van der Waals surface area (Å²) in [5.74, 6) is 0.679. The summed E-state index contributed by atoms with van der Waals surface area (Å²) in [6.45, 7) is 5.51. The van der Waals surface area contributed by atoms with Crippen LogP contribution >= 0.6 is 24.0 Å². The van der Waals surface area contributed by atoms with Crippen LogP contribution in [0.15, 0.2) is 23.2 Å². The second-order valence-corrected chi connectivity index (χ2v) is 6.05. The number of aliphatic imine (C=N–C) groups is 1. The first kappa shape index (κ1) is 22.1. The zero-order valence-corrected chi connectivity index (χ0v) is 17.0. The summed E-state index contributed by atoms with van der Waals surface area (Å²) in [5, 5.41) is 6.29. The van der Waals surface area contributed by atoms with E-state index in [2.05, 4.69) is 15.6 Å². The predicted octanol–water partition coefficient (Wildman–Crippen LogP) is 3.50. The molecule has 0 radical (unpaired) electrons. The van der Waals surface area contributed by atoms with Gasteiger partial charge in [0.25, 0.3) is 0 Å². The van der Waals surface area contributed by atoms with E-state index >= 15 is 0 Å². The van der Waals surface area contributed by atoms with Crippen LogP contribution in [-0.2, 0) is 11.2 Å². The third kappa shape index (κ3) is 9.34. The minimum atomic E-state index is -0.418. The van der Waals surface area contributed by atoms with Gasteiger partial charge >= 0.3 is 0 Å². The smallest absolute Gasteiger partial charge is 0.191 e. The Morgan fingerprint density at radius 2 is 2.08 bits per heavy atom. The summed E-state index contributed by atoms with van der Waals surface area (Å²) >= 11 is 0. The first-order chi connectivity index (χ1) is 11.7. The lowest BCUT2D eigenvalue weighted by molar-refractivity contribution is 0.123. The van der Waals surface area contributed by atoms with Crippen LogP contribution in [0.4, 0.5) is 8.78 Å². The zero-order valence-electron chi connectivity index (χ0n) is 14.7. The average molecular weight is 467 g/mol. The van der Waals surface area contributed by atoms with Gasteiger partial charge in [-0.15, -0.1) is 24.0 Å². The monoisotopic (exact) mass is 467 g/mol. The van der Waals surface area contributed by atoms with Crippen molar-refractivity contribution < 1.29 is 13.5 Å². The SMILES string of the molecule is CCNC(=NCCCOCC1CC1)NCCc1cc(F)ccc1F.I. The molecule has 1 fully saturated rings. The van der Waals surface area contributed by atoms with Gasteiger partial charge < -0.3 is 15.4 Å². The molecule has 0 unspecified atom stereocenters. The molecular weight excluding hydrogens is 439 g/mol. The highest BCUT2D eigenvalue weighted by Crippen LogP contribution is 2.28. The van der Waals surface area contributed by atoms with Gasteiger partial charge in [0.05, 0.1) is 0 Å². The van der Waals surface area contributed by atoms with E-state index in [4.69, 9.17) is 4.74 Å². The van der Waals surface area contributed by atoms with Gasteiger partial charge in [-0.1, -0.05) is 0 Å². The van der Waals surface area contributed by atoms with E-state index in [1.807, 2.05) is 6.92 Å². The highest BCUT2D eigenvalue weighted by atomic mass is 127. The molecule has 25 heavy (non-hydrogen) atoms. The average Bonchev–Trinajstić information content (AvgIpc) is 3.38. The third-order valence-electron chi connectivity index (χ3n) is 3.81. The topological polar surface area (TPSA) is 45.7 Å². The lowest BCUT2D eigenvalue weighted by Crippen LogP contribution is -2.38. The Labute approximate surface area is 165 Å². The van der Waals surface area contributed by atoms with Gasteiger partial charge in [-0.3, -0.25) is 4.99 Å². The van der Waals surface area contributed by atoms with Crippen molar-refractivity contribution in [3.05, 3.63) is 35.4 Å². The molecule has 2 rings (SSSR count). The van der Waals surface area contributed by atoms with Crippen molar-refractivity contribution in [3.8, 4) is 0 Å². The number of hydrogen-bond donors (Lipinski definition) is 2. The second-order valence-electron chi connectivity index (χ2n) is 6.05. The molecule has 1 aromatic carbocycles. The predicted molar refractivity (Wildman–Crippen MR) is 108 cm³/mol. The van der Waals surface area contributed by atoms with Crippen LogP contribution in [0.1, 0.15) is 31.7 Å². The van der Waals surface area contributed by atoms with E-state index < -0.39 is 5.82 Å². The van der Waals surface area contributed by atoms with Crippen LogP contribution in [0.25, 0.3) is 0 Å². The number of benzene rings is 1. The molecule has 0 atom stereocenters. The number of guanidine groups is 1. The van der Waals surface area contributed by atoms with Crippen molar-refractivity contribution in [1.29, 1.82) is 0 Å². The Hall–Kier alpha value is -0.960. The minimum absolute atomic E-state index is 0. The number of nitrogens with zero attached hydrogens (tertiary/aromatic N) is 1. The maximum absolute atomic E-state index is 13.6. The van der Waals surface area contributed by atoms with E-state index in [1.165, 1.54) is 18.9 Å². The minimum Gasteiger partial charge on any atom is -0.381 e. The Bertz CT molecular complexity index is 539. The Balaban J connectivity index is 0.00000312. The molecule has 4 nitrogen and oxygen atoms in total. The summed E-state index contributed by atoms with van der Waals surface area (Å²) in [6, 6.07) is 3.52. The first-order valence-corrected chi connectivity index (χ1v) is 8.73. The highest BCUT2D eigenvalue weighted by Gasteiger charge is 2.20. The van der Waals surface area contributed by atoms with Crippen molar-refractivity contribution in [1.82, 2.24) is 10.6 Å². The van der Waals surface area contributed by atoms with E-state index in [-0.39, 0.29) is 29.8 Å². The van der Waals surface area contributed by atoms with Gasteiger partial charge in [0.2, 0.25) is 0 Å². The van der Waals surface area contributed by atoms with Crippen LogP contribution in [-0.4, -0.2) is 38.8 Å². The zero-order chi connectivity index (χ0) is 17.2. The van der Waals surface area contributed by atoms with Crippen LogP contribution in [0.3, 0.4) is 0 Å². The van der Waals surface area contributed by atoms with Gasteiger partial charge in [0.1, 0.15) is 11.6 Å². The Kier molecular flexibility index (Phi) is 11.0. The van der Waals surface area contributed by atoms with Crippen LogP contribution in [0.2, 0.25) is 0 Å². The second kappa shape index (κ2) is 12.4. The molecule has 1 saturated carbocycles. The van der Waals surface area contributed by atoms with E-state index in [0.29, 0.717) is 31.0 Å². The summed E-state index contributed by atoms with van der Waals surface area (Å²) in [4.78, 5) is 4.46. The van der Waals surface area contributed by atoms with Gasteiger partial charge in [-0.2, -0.15) is 0 Å². The number of nitrogens with one attached hydrogen (secondary N) is 2. The maximum Gasteiger partial charge on any atom is 0.191 e. The van der Waals surface area contributed by atoms with Gasteiger partial charge in [-0.25, -0.2) is 8.78 Å². The maximum atomic E-state index is 13.6. The van der Waals surface area contributed by atoms with Gasteiger partial charge in [0, 0.05) is 32.8 Å². The molecule has 0 amide bonds. The Morgan fingerprint density at radius 3 is 2.80 bits per heavy atom. The molecule has 0 aliphatic heterocycles.